The van der Waals surface area contributed by atoms with Gasteiger partial charge in [0.2, 0.25) is 0 Å². The molecule has 0 spiro atoms. The zero-order chi connectivity index (χ0) is 22.6. The Morgan fingerprint density at radius 1 is 0.879 bits per heavy atom. The number of hydrogen-bond donors (Lipinski definition) is 2. The lowest BCUT2D eigenvalue weighted by atomic mass is 9.92. The molecule has 0 bridgehead atoms. The van der Waals surface area contributed by atoms with Gasteiger partial charge in [0.25, 0.3) is 0 Å². The van der Waals surface area contributed by atoms with Crippen LogP contribution in [0, 0.1) is 5.41 Å². The number of benzene rings is 3. The number of fused-ring (bicyclic) bond motifs is 1. The quantitative estimate of drug-likeness (QED) is 0.340. The minimum Gasteiger partial charge on any atom is -0.398 e. The molecule has 0 aliphatic heterocycles. The van der Waals surface area contributed by atoms with Crippen molar-refractivity contribution in [1.82, 2.24) is 4.98 Å². The van der Waals surface area contributed by atoms with Crippen molar-refractivity contribution in [3.63, 3.8) is 0 Å². The van der Waals surface area contributed by atoms with E-state index in [0.29, 0.717) is 11.4 Å². The number of nitrogens with one attached hydrogen (secondary N) is 1. The van der Waals surface area contributed by atoms with Crippen LogP contribution in [0.4, 0.5) is 0 Å². The Labute approximate surface area is 194 Å². The van der Waals surface area contributed by atoms with E-state index in [2.05, 4.69) is 59.6 Å². The smallest absolute Gasteiger partial charge is 0.0633 e. The number of hydrogen-bond acceptors (Lipinski definition) is 3. The lowest BCUT2D eigenvalue weighted by Gasteiger charge is -2.15. The van der Waals surface area contributed by atoms with Gasteiger partial charge in [-0.15, -0.1) is 0 Å². The predicted octanol–water partition coefficient (Wildman–Crippen LogP) is 6.92. The monoisotopic (exact) mass is 427 g/mol. The highest BCUT2D eigenvalue weighted by atomic mass is 14.6. The molecule has 1 aliphatic rings. The van der Waals surface area contributed by atoms with E-state index in [1.54, 1.807) is 6.08 Å². The second-order valence-electron chi connectivity index (χ2n) is 8.24. The molecule has 3 aromatic carbocycles. The van der Waals surface area contributed by atoms with Gasteiger partial charge in [0, 0.05) is 34.6 Å². The van der Waals surface area contributed by atoms with E-state index in [1.165, 1.54) is 11.1 Å². The maximum Gasteiger partial charge on any atom is 0.0633 e. The third-order valence-electron chi connectivity index (χ3n) is 6.04. The molecule has 0 saturated heterocycles. The minimum absolute atomic E-state index is 0.392. The average molecular weight is 428 g/mol. The summed E-state index contributed by atoms with van der Waals surface area (Å²) in [5, 5.41) is 10.9. The topological polar surface area (TPSA) is 62.8 Å². The van der Waals surface area contributed by atoms with Crippen molar-refractivity contribution in [2.75, 3.05) is 0 Å². The molecule has 0 atom stereocenters. The number of rotatable bonds is 5. The van der Waals surface area contributed by atoms with E-state index in [0.717, 1.165) is 45.9 Å². The summed E-state index contributed by atoms with van der Waals surface area (Å²) >= 11 is 0. The normalized spacial score (nSPS) is 14.0. The first-order chi connectivity index (χ1) is 16.2. The van der Waals surface area contributed by atoms with Crippen molar-refractivity contribution in [2.24, 2.45) is 5.73 Å². The van der Waals surface area contributed by atoms with Crippen LogP contribution in [-0.2, 0) is 0 Å². The maximum absolute atomic E-state index is 8.70. The molecule has 0 fully saturated rings. The Morgan fingerprint density at radius 2 is 1.67 bits per heavy atom. The van der Waals surface area contributed by atoms with Crippen LogP contribution in [0.5, 0.6) is 0 Å². The van der Waals surface area contributed by atoms with Crippen LogP contribution >= 0.6 is 0 Å². The summed E-state index contributed by atoms with van der Waals surface area (Å²) in [7, 11) is 0. The second kappa shape index (κ2) is 9.09. The predicted molar refractivity (Wildman–Crippen MR) is 138 cm³/mol. The molecule has 0 unspecified atom stereocenters. The molecule has 3 heteroatoms. The fourth-order valence-electron chi connectivity index (χ4n) is 4.31. The Hall–Kier alpha value is -4.24. The fourth-order valence-corrected chi connectivity index (χ4v) is 4.31. The summed E-state index contributed by atoms with van der Waals surface area (Å²) in [6.07, 6.45) is 11.8. The van der Waals surface area contributed by atoms with Gasteiger partial charge >= 0.3 is 0 Å². The highest BCUT2D eigenvalue weighted by Crippen LogP contribution is 2.30. The molecule has 1 aliphatic carbocycles. The molecule has 1 aromatic heterocycles. The summed E-state index contributed by atoms with van der Waals surface area (Å²) < 4.78 is 0. The molecule has 3 nitrogen and oxygen atoms in total. The molecule has 4 aromatic rings. The van der Waals surface area contributed by atoms with Crippen LogP contribution in [0.2, 0.25) is 0 Å². The molecule has 3 N–H and O–H groups in total. The fraction of sp³-hybridized carbons (Fsp3) is 0.0667. The van der Waals surface area contributed by atoms with Crippen LogP contribution in [0.1, 0.15) is 24.0 Å². The highest BCUT2D eigenvalue weighted by molar-refractivity contribution is 6.08. The Kier molecular flexibility index (Phi) is 5.69. The first-order valence-corrected chi connectivity index (χ1v) is 11.1. The van der Waals surface area contributed by atoms with Gasteiger partial charge in [0.15, 0.2) is 0 Å². The number of pyridine rings is 1. The van der Waals surface area contributed by atoms with E-state index in [4.69, 9.17) is 11.1 Å². The highest BCUT2D eigenvalue weighted by Gasteiger charge is 2.11. The molecule has 33 heavy (non-hydrogen) atoms. The Morgan fingerprint density at radius 3 is 2.55 bits per heavy atom. The van der Waals surface area contributed by atoms with E-state index in [-0.39, 0.29) is 0 Å². The van der Waals surface area contributed by atoms with Crippen molar-refractivity contribution < 1.29 is 0 Å². The first-order valence-electron chi connectivity index (χ1n) is 11.1. The molecular weight excluding hydrogens is 402 g/mol. The van der Waals surface area contributed by atoms with Gasteiger partial charge in [0.1, 0.15) is 0 Å². The Balaban J connectivity index is 1.43. The van der Waals surface area contributed by atoms with Gasteiger partial charge in [-0.05, 0) is 58.7 Å². The number of aromatic nitrogens is 1. The molecular formula is C30H25N3. The van der Waals surface area contributed by atoms with Crippen molar-refractivity contribution in [3.05, 3.63) is 132 Å². The summed E-state index contributed by atoms with van der Waals surface area (Å²) in [5.74, 6) is 0. The number of nitrogens with two attached hydrogens (primary N) is 1. The largest absolute Gasteiger partial charge is 0.398 e. The van der Waals surface area contributed by atoms with E-state index in [1.807, 2.05) is 48.8 Å². The number of allylic oxidation sites excluding steroid dienone is 4. The SMILES string of the molecule is N=C(C=C(N)C1=CCCC(c2ccccc2)=C1)c1cccc(-c2cncc3ccccc23)c1. The van der Waals surface area contributed by atoms with Crippen molar-refractivity contribution in [1.29, 1.82) is 5.41 Å². The van der Waals surface area contributed by atoms with Gasteiger partial charge in [0.05, 0.1) is 5.71 Å². The van der Waals surface area contributed by atoms with Crippen molar-refractivity contribution in [3.8, 4) is 11.1 Å². The van der Waals surface area contributed by atoms with Gasteiger partial charge in [-0.2, -0.15) is 0 Å². The van der Waals surface area contributed by atoms with Gasteiger partial charge in [-0.3, -0.25) is 4.98 Å². The Bertz CT molecular complexity index is 1420. The third kappa shape index (κ3) is 4.39. The van der Waals surface area contributed by atoms with E-state index >= 15 is 0 Å². The molecule has 5 rings (SSSR count). The molecule has 0 saturated carbocycles. The van der Waals surface area contributed by atoms with E-state index in [9.17, 15) is 0 Å². The first kappa shape index (κ1) is 20.7. The van der Waals surface area contributed by atoms with Crippen LogP contribution < -0.4 is 5.73 Å². The summed E-state index contributed by atoms with van der Waals surface area (Å²) in [4.78, 5) is 4.41. The van der Waals surface area contributed by atoms with Crippen LogP contribution in [0.3, 0.4) is 0 Å². The van der Waals surface area contributed by atoms with Crippen LogP contribution in [-0.4, -0.2) is 10.7 Å². The van der Waals surface area contributed by atoms with E-state index < -0.39 is 0 Å². The van der Waals surface area contributed by atoms with Crippen LogP contribution in [0.25, 0.3) is 27.5 Å². The maximum atomic E-state index is 8.70. The van der Waals surface area contributed by atoms with Crippen molar-refractivity contribution in [2.45, 2.75) is 12.8 Å². The molecule has 0 amide bonds. The van der Waals surface area contributed by atoms with Gasteiger partial charge < -0.3 is 11.1 Å². The standard InChI is InChI=1S/C30H25N3/c31-29(24-13-6-11-22(16-24)21-8-2-1-3-9-21)18-30(32)25-14-7-12-23(17-25)28-20-33-19-26-10-4-5-15-27(26)28/h1-5,7-10,12-20,32H,6,11,31H2. The van der Waals surface area contributed by atoms with Gasteiger partial charge in [-0.25, -0.2) is 0 Å². The lowest BCUT2D eigenvalue weighted by Crippen LogP contribution is -2.07. The zero-order valence-corrected chi connectivity index (χ0v) is 18.3. The summed E-state index contributed by atoms with van der Waals surface area (Å²) in [5.41, 5.74) is 13.9. The molecule has 160 valence electrons. The number of nitrogens with zero attached hydrogens (tertiary/aromatic N) is 1. The molecule has 1 heterocycles. The van der Waals surface area contributed by atoms with Crippen LogP contribution in [0.15, 0.2) is 121 Å². The lowest BCUT2D eigenvalue weighted by molar-refractivity contribution is 1.03. The third-order valence-corrected chi connectivity index (χ3v) is 6.04. The summed E-state index contributed by atoms with van der Waals surface area (Å²) in [6.45, 7) is 0. The average Bonchev–Trinajstić information content (AvgIpc) is 2.89. The second-order valence-corrected chi connectivity index (χ2v) is 8.24. The molecule has 0 radical (unpaired) electrons. The summed E-state index contributed by atoms with van der Waals surface area (Å²) in [6, 6.07) is 26.7. The van der Waals surface area contributed by atoms with Gasteiger partial charge in [-0.1, -0.05) is 78.9 Å². The zero-order valence-electron chi connectivity index (χ0n) is 18.3. The van der Waals surface area contributed by atoms with Crippen molar-refractivity contribution >= 4 is 22.1 Å². The minimum atomic E-state index is 0.392.